The molecule has 0 heterocycles. The van der Waals surface area contributed by atoms with Crippen molar-refractivity contribution in [3.8, 4) is 0 Å². The molecule has 0 aromatic heterocycles. The zero-order valence-corrected chi connectivity index (χ0v) is 11.7. The van der Waals surface area contributed by atoms with E-state index in [1.807, 2.05) is 0 Å². The first-order chi connectivity index (χ1) is 8.07. The summed E-state index contributed by atoms with van der Waals surface area (Å²) < 4.78 is 0. The molecule has 1 N–H and O–H groups in total. The van der Waals surface area contributed by atoms with Crippen molar-refractivity contribution in [3.63, 3.8) is 0 Å². The highest BCUT2D eigenvalue weighted by molar-refractivity contribution is 5.74. The van der Waals surface area contributed by atoms with Gasteiger partial charge in [0.25, 0.3) is 0 Å². The Morgan fingerprint density at radius 1 is 1.35 bits per heavy atom. The molecule has 2 heteroatoms. The monoisotopic (exact) mass is 240 g/mol. The molecule has 1 rings (SSSR count). The summed E-state index contributed by atoms with van der Waals surface area (Å²) in [6.45, 7) is 6.56. The van der Waals surface area contributed by atoms with Crippen molar-refractivity contribution >= 4 is 5.97 Å². The van der Waals surface area contributed by atoms with Crippen LogP contribution in [0.4, 0.5) is 0 Å². The second-order valence-corrected chi connectivity index (χ2v) is 5.84. The van der Waals surface area contributed by atoms with E-state index < -0.39 is 11.4 Å². The van der Waals surface area contributed by atoms with Gasteiger partial charge in [-0.2, -0.15) is 0 Å². The van der Waals surface area contributed by atoms with E-state index in [-0.39, 0.29) is 0 Å². The van der Waals surface area contributed by atoms with E-state index in [9.17, 15) is 9.90 Å². The van der Waals surface area contributed by atoms with Gasteiger partial charge in [-0.3, -0.25) is 4.79 Å². The molecule has 2 atom stereocenters. The summed E-state index contributed by atoms with van der Waals surface area (Å²) >= 11 is 0. The van der Waals surface area contributed by atoms with Gasteiger partial charge in [-0.25, -0.2) is 0 Å². The van der Waals surface area contributed by atoms with Gasteiger partial charge >= 0.3 is 5.97 Å². The van der Waals surface area contributed by atoms with Crippen molar-refractivity contribution in [1.29, 1.82) is 0 Å². The van der Waals surface area contributed by atoms with E-state index in [1.54, 1.807) is 0 Å². The summed E-state index contributed by atoms with van der Waals surface area (Å²) in [7, 11) is 0. The zero-order valence-electron chi connectivity index (χ0n) is 11.7. The maximum atomic E-state index is 11.7. The molecule has 2 nitrogen and oxygen atoms in total. The predicted molar refractivity (Wildman–Crippen MR) is 71.0 cm³/mol. The second kappa shape index (κ2) is 6.42. The molecule has 0 spiro atoms. The molecule has 17 heavy (non-hydrogen) atoms. The van der Waals surface area contributed by atoms with E-state index in [0.717, 1.165) is 44.9 Å². The number of rotatable bonds is 6. The van der Waals surface area contributed by atoms with Gasteiger partial charge in [0, 0.05) is 0 Å². The van der Waals surface area contributed by atoms with Crippen LogP contribution in [-0.2, 0) is 4.79 Å². The molecule has 100 valence electrons. The van der Waals surface area contributed by atoms with Crippen molar-refractivity contribution in [2.45, 2.75) is 72.1 Å². The third-order valence-electron chi connectivity index (χ3n) is 4.81. The molecule has 0 aromatic carbocycles. The third kappa shape index (κ3) is 3.46. The number of hydrogen-bond donors (Lipinski definition) is 1. The van der Waals surface area contributed by atoms with Gasteiger partial charge in [0.15, 0.2) is 0 Å². The van der Waals surface area contributed by atoms with Gasteiger partial charge in [0.05, 0.1) is 5.41 Å². The predicted octanol–water partition coefficient (Wildman–Crippen LogP) is 4.48. The van der Waals surface area contributed by atoms with E-state index >= 15 is 0 Å². The fourth-order valence-corrected chi connectivity index (χ4v) is 3.43. The summed E-state index contributed by atoms with van der Waals surface area (Å²) in [4.78, 5) is 11.7. The summed E-state index contributed by atoms with van der Waals surface area (Å²) in [6, 6.07) is 0. The van der Waals surface area contributed by atoms with Crippen LogP contribution in [0, 0.1) is 17.3 Å². The van der Waals surface area contributed by atoms with Gasteiger partial charge in [0.1, 0.15) is 0 Å². The quantitative estimate of drug-likeness (QED) is 0.743. The maximum Gasteiger partial charge on any atom is 0.309 e. The van der Waals surface area contributed by atoms with E-state index in [0.29, 0.717) is 11.8 Å². The number of hydrogen-bond acceptors (Lipinski definition) is 1. The number of carboxylic acid groups (broad SMARTS) is 1. The molecule has 1 aliphatic carbocycles. The van der Waals surface area contributed by atoms with Gasteiger partial charge < -0.3 is 5.11 Å². The Balaban J connectivity index is 2.77. The van der Waals surface area contributed by atoms with Crippen LogP contribution in [0.3, 0.4) is 0 Å². The lowest BCUT2D eigenvalue weighted by Gasteiger charge is -2.39. The Kier molecular flexibility index (Phi) is 5.48. The molecule has 0 aliphatic heterocycles. The van der Waals surface area contributed by atoms with Crippen LogP contribution in [0.25, 0.3) is 0 Å². The van der Waals surface area contributed by atoms with Gasteiger partial charge in [-0.15, -0.1) is 0 Å². The molecule has 2 unspecified atom stereocenters. The molecule has 0 saturated heterocycles. The van der Waals surface area contributed by atoms with Gasteiger partial charge in [-0.05, 0) is 31.1 Å². The van der Waals surface area contributed by atoms with Crippen molar-refractivity contribution in [2.24, 2.45) is 17.3 Å². The van der Waals surface area contributed by atoms with E-state index in [2.05, 4.69) is 20.8 Å². The lowest BCUT2D eigenvalue weighted by atomic mass is 9.64. The lowest BCUT2D eigenvalue weighted by molar-refractivity contribution is -0.153. The van der Waals surface area contributed by atoms with Crippen LogP contribution in [0.5, 0.6) is 0 Å². The molecule has 0 radical (unpaired) electrons. The van der Waals surface area contributed by atoms with Crippen molar-refractivity contribution < 1.29 is 9.90 Å². The molecule has 0 amide bonds. The average Bonchev–Trinajstić information content (AvgIpc) is 2.36. The molecular weight excluding hydrogens is 212 g/mol. The van der Waals surface area contributed by atoms with E-state index in [1.165, 1.54) is 6.42 Å². The minimum absolute atomic E-state index is 0.407. The fourth-order valence-electron chi connectivity index (χ4n) is 3.43. The largest absolute Gasteiger partial charge is 0.481 e. The minimum Gasteiger partial charge on any atom is -0.481 e. The Morgan fingerprint density at radius 2 is 2.00 bits per heavy atom. The van der Waals surface area contributed by atoms with Gasteiger partial charge in [0.2, 0.25) is 0 Å². The van der Waals surface area contributed by atoms with Crippen LogP contribution >= 0.6 is 0 Å². The summed E-state index contributed by atoms with van der Waals surface area (Å²) in [5, 5.41) is 9.64. The number of carboxylic acids is 1. The van der Waals surface area contributed by atoms with Crippen LogP contribution in [-0.4, -0.2) is 11.1 Å². The maximum absolute atomic E-state index is 11.7. The first-order valence-corrected chi connectivity index (χ1v) is 7.31. The molecular formula is C15H28O2. The SMILES string of the molecule is CCC(CC)CC1(C(=O)O)CCCC(CC)C1. The molecule has 0 bridgehead atoms. The van der Waals surface area contributed by atoms with E-state index in [4.69, 9.17) is 0 Å². The van der Waals surface area contributed by atoms with Crippen LogP contribution < -0.4 is 0 Å². The van der Waals surface area contributed by atoms with Crippen LogP contribution in [0.1, 0.15) is 72.1 Å². The zero-order chi connectivity index (χ0) is 12.9. The highest BCUT2D eigenvalue weighted by atomic mass is 16.4. The van der Waals surface area contributed by atoms with Crippen molar-refractivity contribution in [1.82, 2.24) is 0 Å². The molecule has 1 aliphatic rings. The highest BCUT2D eigenvalue weighted by Crippen LogP contribution is 2.46. The summed E-state index contributed by atoms with van der Waals surface area (Å²) in [6.07, 6.45) is 8.40. The highest BCUT2D eigenvalue weighted by Gasteiger charge is 2.43. The van der Waals surface area contributed by atoms with Gasteiger partial charge in [-0.1, -0.05) is 52.9 Å². The van der Waals surface area contributed by atoms with Crippen molar-refractivity contribution in [2.75, 3.05) is 0 Å². The molecule has 1 fully saturated rings. The molecule has 0 aromatic rings. The smallest absolute Gasteiger partial charge is 0.309 e. The first kappa shape index (κ1) is 14.5. The van der Waals surface area contributed by atoms with Crippen molar-refractivity contribution in [3.05, 3.63) is 0 Å². The third-order valence-corrected chi connectivity index (χ3v) is 4.81. The second-order valence-electron chi connectivity index (χ2n) is 5.84. The average molecular weight is 240 g/mol. The number of aliphatic carboxylic acids is 1. The number of carbonyl (C=O) groups is 1. The normalized spacial score (nSPS) is 29.5. The first-order valence-electron chi connectivity index (χ1n) is 7.31. The Bertz CT molecular complexity index is 245. The fraction of sp³-hybridized carbons (Fsp3) is 0.933. The lowest BCUT2D eigenvalue weighted by Crippen LogP contribution is -2.38. The summed E-state index contributed by atoms with van der Waals surface area (Å²) in [5.74, 6) is 0.679. The van der Waals surface area contributed by atoms with Crippen LogP contribution in [0.2, 0.25) is 0 Å². The summed E-state index contributed by atoms with van der Waals surface area (Å²) in [5.41, 5.74) is -0.407. The topological polar surface area (TPSA) is 37.3 Å². The Morgan fingerprint density at radius 3 is 2.47 bits per heavy atom. The Labute approximate surface area is 106 Å². The Hall–Kier alpha value is -0.530. The molecule has 1 saturated carbocycles. The minimum atomic E-state index is -0.539. The van der Waals surface area contributed by atoms with Crippen LogP contribution in [0.15, 0.2) is 0 Å². The standard InChI is InChI=1S/C15H28O2/c1-4-12(5-2)10-15(14(16)17)9-7-8-13(6-3)11-15/h12-13H,4-11H2,1-3H3,(H,16,17).